The number of phosphoric ester groups is 1. The van der Waals surface area contributed by atoms with Crippen molar-refractivity contribution in [2.75, 3.05) is 47.5 Å². The highest BCUT2D eigenvalue weighted by Gasteiger charge is 2.25. The number of unbranched alkanes of at least 4 members (excludes halogenated alkanes) is 26. The lowest BCUT2D eigenvalue weighted by Crippen LogP contribution is -2.37. The van der Waals surface area contributed by atoms with Crippen molar-refractivity contribution in [2.45, 2.75) is 219 Å². The van der Waals surface area contributed by atoms with Gasteiger partial charge < -0.3 is 18.9 Å². The summed E-state index contributed by atoms with van der Waals surface area (Å²) in [7, 11) is 1.67. The second kappa shape index (κ2) is 41.3. The van der Waals surface area contributed by atoms with E-state index in [0.717, 1.165) is 32.1 Å². The summed E-state index contributed by atoms with van der Waals surface area (Å²) in [4.78, 5) is 22.7. The number of likely N-dealkylation sites (N-methyl/N-ethyl adjacent to an activating group) is 1. The molecule has 0 rings (SSSR count). The van der Waals surface area contributed by atoms with Gasteiger partial charge in [-0.05, 0) is 76.7 Å². The van der Waals surface area contributed by atoms with Crippen molar-refractivity contribution in [2.24, 2.45) is 0 Å². The van der Waals surface area contributed by atoms with Crippen LogP contribution < -0.4 is 0 Å². The smallest absolute Gasteiger partial charge is 0.472 e. The molecule has 1 N–H and O–H groups in total. The van der Waals surface area contributed by atoms with Gasteiger partial charge in [-0.2, -0.15) is 0 Å². The van der Waals surface area contributed by atoms with Crippen LogP contribution in [0.5, 0.6) is 0 Å². The molecule has 0 saturated carbocycles. The Balaban J connectivity index is 4.22. The molecule has 0 amide bonds. The molecule has 0 heterocycles. The molecule has 0 aromatic carbocycles. The molecule has 0 saturated heterocycles. The number of hydrogen-bond donors (Lipinski definition) is 1. The molecule has 0 aliphatic rings. The maximum Gasteiger partial charge on any atom is 0.472 e. The number of ether oxygens (including phenoxy) is 2. The predicted octanol–water partition coefficient (Wildman–Crippen LogP) is 14.5. The number of hydrogen-bond acceptors (Lipinski definition) is 6. The van der Waals surface area contributed by atoms with Gasteiger partial charge in [-0.25, -0.2) is 4.57 Å². The summed E-state index contributed by atoms with van der Waals surface area (Å²) in [6, 6.07) is 0. The molecule has 0 aliphatic heterocycles. The van der Waals surface area contributed by atoms with Crippen molar-refractivity contribution in [1.82, 2.24) is 0 Å². The van der Waals surface area contributed by atoms with Gasteiger partial charge in [0.15, 0.2) is 6.10 Å². The molecule has 8 nitrogen and oxygen atoms in total. The van der Waals surface area contributed by atoms with Crippen LogP contribution in [0.2, 0.25) is 0 Å². The lowest BCUT2D eigenvalue weighted by atomic mass is 10.1. The van der Waals surface area contributed by atoms with Gasteiger partial charge >= 0.3 is 13.8 Å². The summed E-state index contributed by atoms with van der Waals surface area (Å²) in [5.41, 5.74) is 0. The first-order valence-electron chi connectivity index (χ1n) is 23.8. The average Bonchev–Trinajstić information content (AvgIpc) is 3.17. The fourth-order valence-electron chi connectivity index (χ4n) is 6.47. The van der Waals surface area contributed by atoms with E-state index in [9.17, 15) is 14.3 Å². The average molecular weight is 827 g/mol. The Morgan fingerprint density at radius 3 is 1.37 bits per heavy atom. The highest BCUT2D eigenvalue weighted by Crippen LogP contribution is 2.43. The summed E-state index contributed by atoms with van der Waals surface area (Å²) in [5, 5.41) is 0. The molecule has 0 aromatic heterocycles. The van der Waals surface area contributed by atoms with E-state index in [4.69, 9.17) is 18.5 Å². The van der Waals surface area contributed by atoms with Gasteiger partial charge in [0.2, 0.25) is 0 Å². The van der Waals surface area contributed by atoms with Gasteiger partial charge in [-0.1, -0.05) is 160 Å². The zero-order valence-corrected chi connectivity index (χ0v) is 39.0. The molecule has 2 atom stereocenters. The number of rotatable bonds is 44. The molecule has 0 bridgehead atoms. The summed E-state index contributed by atoms with van der Waals surface area (Å²) in [6.45, 7) is 4.90. The number of quaternary nitrogens is 1. The Bertz CT molecular complexity index is 1010. The van der Waals surface area contributed by atoms with E-state index in [1.165, 1.54) is 161 Å². The van der Waals surface area contributed by atoms with Crippen molar-refractivity contribution in [3.05, 3.63) is 36.6 Å². The van der Waals surface area contributed by atoms with E-state index < -0.39 is 13.9 Å². The van der Waals surface area contributed by atoms with E-state index in [1.54, 1.807) is 6.26 Å². The third kappa shape index (κ3) is 45.5. The largest absolute Gasteiger partial charge is 0.492 e. The Morgan fingerprint density at radius 1 is 0.544 bits per heavy atom. The number of esters is 1. The third-order valence-electron chi connectivity index (χ3n) is 10.3. The molecule has 0 aromatic rings. The van der Waals surface area contributed by atoms with Crippen molar-refractivity contribution in [3.63, 3.8) is 0 Å². The Labute approximate surface area is 353 Å². The number of nitrogens with zero attached hydrogens (tertiary/aromatic N) is 1. The minimum atomic E-state index is -4.27. The van der Waals surface area contributed by atoms with Gasteiger partial charge in [0.05, 0.1) is 34.0 Å². The first-order valence-corrected chi connectivity index (χ1v) is 25.3. The van der Waals surface area contributed by atoms with Crippen LogP contribution in [-0.4, -0.2) is 69.0 Å². The van der Waals surface area contributed by atoms with Gasteiger partial charge in [-0.15, -0.1) is 0 Å². The summed E-state index contributed by atoms with van der Waals surface area (Å²) in [5.74, 6) is -0.279. The number of carbonyl (C=O) groups excluding carboxylic acids is 1. The quantitative estimate of drug-likeness (QED) is 0.0163. The number of phosphoric acid groups is 1. The summed E-state index contributed by atoms with van der Waals surface area (Å²) >= 11 is 0. The fourth-order valence-corrected chi connectivity index (χ4v) is 7.21. The zero-order valence-electron chi connectivity index (χ0n) is 38.1. The van der Waals surface area contributed by atoms with Crippen molar-refractivity contribution in [1.29, 1.82) is 0 Å². The molecule has 0 spiro atoms. The first kappa shape index (κ1) is 55.6. The van der Waals surface area contributed by atoms with Crippen LogP contribution in [0.3, 0.4) is 0 Å². The third-order valence-corrected chi connectivity index (χ3v) is 11.2. The van der Waals surface area contributed by atoms with Crippen molar-refractivity contribution in [3.8, 4) is 0 Å². The van der Waals surface area contributed by atoms with Gasteiger partial charge in [0.25, 0.3) is 0 Å². The SMILES string of the molecule is CCCCCC/C=C\CCCCCCCC/C=C\OC(COC(=O)CCCCCCCCCCC/C=C\CCCCCCCC)COP(=O)(O)OCC[N+](C)(C)C. The molecule has 0 fully saturated rings. The lowest BCUT2D eigenvalue weighted by Gasteiger charge is -2.24. The molecular weight excluding hydrogens is 734 g/mol. The van der Waals surface area contributed by atoms with E-state index >= 15 is 0 Å². The van der Waals surface area contributed by atoms with Crippen LogP contribution in [0.4, 0.5) is 0 Å². The lowest BCUT2D eigenvalue weighted by molar-refractivity contribution is -0.870. The number of carbonyl (C=O) groups is 1. The second-order valence-corrected chi connectivity index (χ2v) is 18.6. The van der Waals surface area contributed by atoms with E-state index in [2.05, 4.69) is 38.2 Å². The van der Waals surface area contributed by atoms with E-state index in [1.807, 2.05) is 27.2 Å². The van der Waals surface area contributed by atoms with Crippen LogP contribution >= 0.6 is 7.82 Å². The van der Waals surface area contributed by atoms with E-state index in [-0.39, 0.29) is 25.8 Å². The summed E-state index contributed by atoms with van der Waals surface area (Å²) in [6.07, 6.45) is 50.0. The maximum absolute atomic E-state index is 12.5. The van der Waals surface area contributed by atoms with Gasteiger partial charge in [-0.3, -0.25) is 13.8 Å². The van der Waals surface area contributed by atoms with Crippen LogP contribution in [0.25, 0.3) is 0 Å². The van der Waals surface area contributed by atoms with E-state index in [0.29, 0.717) is 17.4 Å². The highest BCUT2D eigenvalue weighted by molar-refractivity contribution is 7.47. The Kier molecular flexibility index (Phi) is 40.3. The minimum Gasteiger partial charge on any atom is -0.492 e. The topological polar surface area (TPSA) is 91.3 Å². The van der Waals surface area contributed by atoms with Gasteiger partial charge in [0, 0.05) is 6.42 Å². The first-order chi connectivity index (χ1) is 27.6. The Hall–Kier alpha value is -1.44. The monoisotopic (exact) mass is 827 g/mol. The highest BCUT2D eigenvalue weighted by atomic mass is 31.2. The van der Waals surface area contributed by atoms with Crippen LogP contribution in [0.15, 0.2) is 36.6 Å². The molecule has 9 heteroatoms. The van der Waals surface area contributed by atoms with Gasteiger partial charge in [0.1, 0.15) is 19.8 Å². The maximum atomic E-state index is 12.5. The summed E-state index contributed by atoms with van der Waals surface area (Å²) < 4.78 is 34.8. The molecule has 336 valence electrons. The van der Waals surface area contributed by atoms with Crippen molar-refractivity contribution >= 4 is 13.8 Å². The van der Waals surface area contributed by atoms with Crippen LogP contribution in [0.1, 0.15) is 213 Å². The van der Waals surface area contributed by atoms with Crippen LogP contribution in [0, 0.1) is 0 Å². The zero-order chi connectivity index (χ0) is 42.0. The molecule has 57 heavy (non-hydrogen) atoms. The van der Waals surface area contributed by atoms with Crippen molar-refractivity contribution < 1.29 is 37.3 Å². The molecule has 2 unspecified atom stereocenters. The predicted molar refractivity (Wildman–Crippen MR) is 242 cm³/mol. The molecule has 0 aliphatic carbocycles. The fraction of sp³-hybridized carbons (Fsp3) is 0.854. The standard InChI is InChI=1S/C48H92NO7P/c1-6-8-10-12-14-16-18-20-22-24-25-26-27-29-31-33-35-37-39-41-48(50)54-45-47(46-56-57(51,52)55-44-42-49(3,4)5)53-43-40-38-36-34-32-30-28-23-21-19-17-15-13-11-9-7-2/h17,19-20,22,40,43,47H,6-16,18,21,23-39,41-42,44-46H2,1-5H3/p+1/b19-17-,22-20-,43-40-. The molecule has 0 radical (unpaired) electrons. The molecular formula is C48H93NO7P+. The van der Waals surface area contributed by atoms with Crippen LogP contribution in [-0.2, 0) is 27.9 Å². The minimum absolute atomic E-state index is 0.0506. The Morgan fingerprint density at radius 2 is 0.930 bits per heavy atom. The number of allylic oxidation sites excluding steroid dienone is 5. The second-order valence-electron chi connectivity index (χ2n) is 17.2. The normalized spacial score (nSPS) is 13.9.